The van der Waals surface area contributed by atoms with Gasteiger partial charge in [-0.05, 0) is 13.8 Å². The lowest BCUT2D eigenvalue weighted by molar-refractivity contribution is -0.127. The maximum atomic E-state index is 11.3. The van der Waals surface area contributed by atoms with Crippen molar-refractivity contribution >= 4 is 16.7 Å². The van der Waals surface area contributed by atoms with Crippen LogP contribution in [0.25, 0.3) is 0 Å². The molecule has 1 rings (SSSR count). The first kappa shape index (κ1) is 10.7. The highest BCUT2D eigenvalue weighted by Gasteiger charge is 2.28. The fourth-order valence-corrected chi connectivity index (χ4v) is 1.68. The van der Waals surface area contributed by atoms with Gasteiger partial charge >= 0.3 is 0 Å². The molecule has 1 heterocycles. The van der Waals surface area contributed by atoms with Gasteiger partial charge in [-0.15, -0.1) is 0 Å². The van der Waals surface area contributed by atoms with E-state index in [4.69, 9.17) is 0 Å². The van der Waals surface area contributed by atoms with Gasteiger partial charge in [0.25, 0.3) is 0 Å². The van der Waals surface area contributed by atoms with E-state index in [1.165, 1.54) is 0 Å². The summed E-state index contributed by atoms with van der Waals surface area (Å²) in [5.74, 6) is 0.102. The second-order valence-electron chi connectivity index (χ2n) is 3.41. The molecule has 4 nitrogen and oxygen atoms in total. The van der Waals surface area contributed by atoms with Crippen LogP contribution < -0.4 is 5.32 Å². The largest absolute Gasteiger partial charge is 0.325 e. The van der Waals surface area contributed by atoms with Gasteiger partial charge in [-0.25, -0.2) is 0 Å². The van der Waals surface area contributed by atoms with Crippen molar-refractivity contribution in [2.24, 2.45) is 0 Å². The Balaban J connectivity index is 2.52. The predicted octanol–water partition coefficient (Wildman–Crippen LogP) is -0.469. The zero-order valence-electron chi connectivity index (χ0n) is 8.24. The zero-order valence-corrected chi connectivity index (χ0v) is 9.06. The SMILES string of the molecule is CC1NCC(=O)N1CC(C)S(C)=O. The second kappa shape index (κ2) is 4.19. The van der Waals surface area contributed by atoms with Crippen molar-refractivity contribution < 1.29 is 9.00 Å². The highest BCUT2D eigenvalue weighted by Crippen LogP contribution is 2.07. The molecule has 3 atom stereocenters. The second-order valence-corrected chi connectivity index (χ2v) is 5.21. The van der Waals surface area contributed by atoms with E-state index in [2.05, 4.69) is 5.32 Å². The van der Waals surface area contributed by atoms with Crippen LogP contribution in [0.2, 0.25) is 0 Å². The van der Waals surface area contributed by atoms with Crippen LogP contribution >= 0.6 is 0 Å². The van der Waals surface area contributed by atoms with Gasteiger partial charge in [0.15, 0.2) is 0 Å². The molecule has 1 aliphatic heterocycles. The molecule has 0 saturated carbocycles. The molecule has 1 saturated heterocycles. The van der Waals surface area contributed by atoms with Crippen molar-refractivity contribution in [1.29, 1.82) is 0 Å². The number of carbonyl (C=O) groups excluding carboxylic acids is 1. The van der Waals surface area contributed by atoms with Crippen molar-refractivity contribution in [1.82, 2.24) is 10.2 Å². The lowest BCUT2D eigenvalue weighted by atomic mass is 10.4. The number of amides is 1. The van der Waals surface area contributed by atoms with Crippen molar-refractivity contribution in [3.8, 4) is 0 Å². The number of nitrogens with one attached hydrogen (secondary N) is 1. The normalized spacial score (nSPS) is 27.8. The van der Waals surface area contributed by atoms with Crippen LogP contribution in [-0.2, 0) is 15.6 Å². The Morgan fingerprint density at radius 2 is 2.38 bits per heavy atom. The zero-order chi connectivity index (χ0) is 10.0. The van der Waals surface area contributed by atoms with Crippen LogP contribution in [0.4, 0.5) is 0 Å². The minimum absolute atomic E-state index is 0.0475. The lowest BCUT2D eigenvalue weighted by Gasteiger charge is -2.23. The molecule has 1 N–H and O–H groups in total. The third kappa shape index (κ3) is 2.51. The number of carbonyl (C=O) groups is 1. The lowest BCUT2D eigenvalue weighted by Crippen LogP contribution is -2.40. The molecular weight excluding hydrogens is 188 g/mol. The summed E-state index contributed by atoms with van der Waals surface area (Å²) < 4.78 is 11.1. The van der Waals surface area contributed by atoms with Crippen LogP contribution in [0.15, 0.2) is 0 Å². The van der Waals surface area contributed by atoms with Gasteiger partial charge in [-0.3, -0.25) is 14.3 Å². The van der Waals surface area contributed by atoms with E-state index in [1.807, 2.05) is 13.8 Å². The summed E-state index contributed by atoms with van der Waals surface area (Å²) >= 11 is 0. The van der Waals surface area contributed by atoms with Gasteiger partial charge in [0, 0.05) is 28.9 Å². The van der Waals surface area contributed by atoms with Gasteiger partial charge in [-0.2, -0.15) is 0 Å². The van der Waals surface area contributed by atoms with Crippen molar-refractivity contribution in [2.75, 3.05) is 19.3 Å². The van der Waals surface area contributed by atoms with Crippen LogP contribution in [0.1, 0.15) is 13.8 Å². The maximum Gasteiger partial charge on any atom is 0.237 e. The van der Waals surface area contributed by atoms with Crippen LogP contribution in [-0.4, -0.2) is 45.8 Å². The fourth-order valence-electron chi connectivity index (χ4n) is 1.30. The molecule has 0 aromatic heterocycles. The first-order chi connectivity index (χ1) is 6.02. The first-order valence-corrected chi connectivity index (χ1v) is 5.99. The maximum absolute atomic E-state index is 11.3. The smallest absolute Gasteiger partial charge is 0.237 e. The van der Waals surface area contributed by atoms with Crippen LogP contribution in [0.3, 0.4) is 0 Å². The van der Waals surface area contributed by atoms with E-state index in [-0.39, 0.29) is 17.3 Å². The average Bonchev–Trinajstić information content (AvgIpc) is 2.35. The molecule has 0 spiro atoms. The van der Waals surface area contributed by atoms with Gasteiger partial charge < -0.3 is 4.90 Å². The van der Waals surface area contributed by atoms with Gasteiger partial charge in [-0.1, -0.05) is 0 Å². The standard InChI is InChI=1S/C8H16N2O2S/c1-6(13(3)12)5-10-7(2)9-4-8(10)11/h6-7,9H,4-5H2,1-3H3. The third-order valence-electron chi connectivity index (χ3n) is 2.36. The number of rotatable bonds is 3. The highest BCUT2D eigenvalue weighted by atomic mass is 32.2. The summed E-state index contributed by atoms with van der Waals surface area (Å²) in [4.78, 5) is 13.0. The first-order valence-electron chi connectivity index (χ1n) is 4.37. The summed E-state index contributed by atoms with van der Waals surface area (Å²) in [6.45, 7) is 4.82. The van der Waals surface area contributed by atoms with Gasteiger partial charge in [0.05, 0.1) is 12.7 Å². The molecule has 0 aromatic carbocycles. The Morgan fingerprint density at radius 3 is 2.77 bits per heavy atom. The number of hydrogen-bond acceptors (Lipinski definition) is 3. The van der Waals surface area contributed by atoms with Gasteiger partial charge in [0.2, 0.25) is 5.91 Å². The van der Waals surface area contributed by atoms with Gasteiger partial charge in [0.1, 0.15) is 0 Å². The molecule has 0 aliphatic carbocycles. The molecule has 1 aliphatic rings. The van der Waals surface area contributed by atoms with E-state index in [0.717, 1.165) is 0 Å². The van der Waals surface area contributed by atoms with Crippen molar-refractivity contribution in [3.63, 3.8) is 0 Å². The van der Waals surface area contributed by atoms with Crippen LogP contribution in [0.5, 0.6) is 0 Å². The topological polar surface area (TPSA) is 49.4 Å². The summed E-state index contributed by atoms with van der Waals surface area (Å²) in [6, 6.07) is 0. The molecule has 3 unspecified atom stereocenters. The van der Waals surface area contributed by atoms with E-state index in [1.54, 1.807) is 11.2 Å². The predicted molar refractivity (Wildman–Crippen MR) is 52.7 cm³/mol. The van der Waals surface area contributed by atoms with E-state index in [9.17, 15) is 9.00 Å². The third-order valence-corrected chi connectivity index (χ3v) is 3.64. The Hall–Kier alpha value is -0.420. The Morgan fingerprint density at radius 1 is 1.77 bits per heavy atom. The summed E-state index contributed by atoms with van der Waals surface area (Å²) in [5.41, 5.74) is 0. The van der Waals surface area contributed by atoms with Crippen molar-refractivity contribution in [3.05, 3.63) is 0 Å². The summed E-state index contributed by atoms with van der Waals surface area (Å²) in [7, 11) is -0.858. The molecule has 13 heavy (non-hydrogen) atoms. The summed E-state index contributed by atoms with van der Waals surface area (Å²) in [6.07, 6.45) is 1.75. The quantitative estimate of drug-likeness (QED) is 0.676. The van der Waals surface area contributed by atoms with E-state index in [0.29, 0.717) is 13.1 Å². The average molecular weight is 204 g/mol. The van der Waals surface area contributed by atoms with E-state index < -0.39 is 10.8 Å². The number of nitrogens with zero attached hydrogens (tertiary/aromatic N) is 1. The number of hydrogen-bond donors (Lipinski definition) is 1. The molecule has 0 radical (unpaired) electrons. The fraction of sp³-hybridized carbons (Fsp3) is 0.875. The van der Waals surface area contributed by atoms with Crippen molar-refractivity contribution in [2.45, 2.75) is 25.3 Å². The monoisotopic (exact) mass is 204 g/mol. The molecule has 1 fully saturated rings. The Kier molecular flexibility index (Phi) is 3.44. The summed E-state index contributed by atoms with van der Waals surface area (Å²) in [5, 5.41) is 3.09. The minimum Gasteiger partial charge on any atom is -0.325 e. The Labute approximate surface area is 81.1 Å². The van der Waals surface area contributed by atoms with Crippen LogP contribution in [0, 0.1) is 0 Å². The molecule has 0 bridgehead atoms. The molecule has 76 valence electrons. The molecule has 5 heteroatoms. The highest BCUT2D eigenvalue weighted by molar-refractivity contribution is 7.84. The molecule has 1 amide bonds. The molecular formula is C8H16N2O2S. The van der Waals surface area contributed by atoms with E-state index >= 15 is 0 Å². The minimum atomic E-state index is -0.858. The Bertz CT molecular complexity index is 232. The molecule has 0 aromatic rings.